The Morgan fingerprint density at radius 2 is 2.40 bits per heavy atom. The second kappa shape index (κ2) is 2.64. The quantitative estimate of drug-likeness (QED) is 0.400. The minimum absolute atomic E-state index is 0.0347. The summed E-state index contributed by atoms with van der Waals surface area (Å²) in [6, 6.07) is -0.659. The van der Waals surface area contributed by atoms with Crippen LogP contribution in [0.15, 0.2) is 0 Å². The van der Waals surface area contributed by atoms with Gasteiger partial charge in [-0.15, -0.1) is 0 Å². The van der Waals surface area contributed by atoms with Crippen molar-refractivity contribution in [3.8, 4) is 0 Å². The number of nitrogens with one attached hydrogen (secondary N) is 1. The first-order valence-electron chi connectivity index (χ1n) is 3.10. The SMILES string of the molecule is O=C1CC([N+](=O)[O-])CCN1. The molecule has 1 unspecified atom stereocenters. The molecule has 1 aliphatic rings. The Bertz CT molecular complexity index is 166. The van der Waals surface area contributed by atoms with Crippen molar-refractivity contribution in [2.75, 3.05) is 6.54 Å². The van der Waals surface area contributed by atoms with Gasteiger partial charge in [0.05, 0.1) is 6.42 Å². The van der Waals surface area contributed by atoms with Gasteiger partial charge in [-0.25, -0.2) is 0 Å². The third-order valence-corrected chi connectivity index (χ3v) is 1.52. The predicted molar refractivity (Wildman–Crippen MR) is 33.0 cm³/mol. The number of nitrogens with zero attached hydrogens (tertiary/aromatic N) is 1. The fraction of sp³-hybridized carbons (Fsp3) is 0.800. The molecule has 1 fully saturated rings. The lowest BCUT2D eigenvalue weighted by Gasteiger charge is -2.14. The summed E-state index contributed by atoms with van der Waals surface area (Å²) in [5.74, 6) is -0.215. The standard InChI is InChI=1S/C5H8N2O3/c8-5-3-4(7(9)10)1-2-6-5/h4H,1-3H2,(H,6,8). The van der Waals surface area contributed by atoms with Crippen LogP contribution in [0.1, 0.15) is 12.8 Å². The molecule has 0 aromatic carbocycles. The van der Waals surface area contributed by atoms with Gasteiger partial charge in [-0.3, -0.25) is 14.9 Å². The van der Waals surface area contributed by atoms with Gasteiger partial charge in [0.15, 0.2) is 0 Å². The van der Waals surface area contributed by atoms with E-state index in [1.54, 1.807) is 0 Å². The fourth-order valence-electron chi connectivity index (χ4n) is 0.946. The van der Waals surface area contributed by atoms with E-state index in [1.165, 1.54) is 0 Å². The molecule has 0 bridgehead atoms. The Morgan fingerprint density at radius 3 is 2.80 bits per heavy atom. The third-order valence-electron chi connectivity index (χ3n) is 1.52. The van der Waals surface area contributed by atoms with E-state index in [1.807, 2.05) is 0 Å². The lowest BCUT2D eigenvalue weighted by Crippen LogP contribution is -2.39. The lowest BCUT2D eigenvalue weighted by atomic mass is 10.1. The molecule has 1 aliphatic heterocycles. The maximum Gasteiger partial charge on any atom is 0.226 e. The fourth-order valence-corrected chi connectivity index (χ4v) is 0.946. The summed E-state index contributed by atoms with van der Waals surface area (Å²) in [5, 5.41) is 12.6. The zero-order valence-electron chi connectivity index (χ0n) is 5.37. The van der Waals surface area contributed by atoms with Gasteiger partial charge < -0.3 is 5.32 Å². The molecular formula is C5H8N2O3. The van der Waals surface area contributed by atoms with Gasteiger partial charge in [0, 0.05) is 17.9 Å². The number of piperidine rings is 1. The summed E-state index contributed by atoms with van der Waals surface area (Å²) in [4.78, 5) is 20.3. The van der Waals surface area contributed by atoms with E-state index in [0.29, 0.717) is 13.0 Å². The molecule has 0 spiro atoms. The molecule has 1 atom stereocenters. The average Bonchev–Trinajstić information content (AvgIpc) is 1.88. The summed E-state index contributed by atoms with van der Waals surface area (Å²) in [5.41, 5.74) is 0. The van der Waals surface area contributed by atoms with Gasteiger partial charge >= 0.3 is 0 Å². The van der Waals surface area contributed by atoms with E-state index < -0.39 is 11.0 Å². The maximum absolute atomic E-state index is 10.6. The number of carbonyl (C=O) groups excluding carboxylic acids is 1. The van der Waals surface area contributed by atoms with Crippen LogP contribution in [-0.2, 0) is 4.79 Å². The van der Waals surface area contributed by atoms with Crippen molar-refractivity contribution in [1.29, 1.82) is 0 Å². The summed E-state index contributed by atoms with van der Waals surface area (Å²) in [7, 11) is 0. The summed E-state index contributed by atoms with van der Waals surface area (Å²) in [6.07, 6.45) is 0.492. The second-order valence-corrected chi connectivity index (χ2v) is 2.28. The normalized spacial score (nSPS) is 25.6. The monoisotopic (exact) mass is 144 g/mol. The predicted octanol–water partition coefficient (Wildman–Crippen LogP) is -0.458. The molecule has 1 saturated heterocycles. The van der Waals surface area contributed by atoms with Crippen molar-refractivity contribution in [1.82, 2.24) is 5.32 Å². The highest BCUT2D eigenvalue weighted by Crippen LogP contribution is 2.05. The van der Waals surface area contributed by atoms with Crippen LogP contribution < -0.4 is 5.32 Å². The maximum atomic E-state index is 10.6. The first-order chi connectivity index (χ1) is 4.70. The molecule has 0 radical (unpaired) electrons. The molecule has 5 heteroatoms. The molecule has 56 valence electrons. The van der Waals surface area contributed by atoms with Crippen LogP contribution in [-0.4, -0.2) is 23.4 Å². The minimum atomic E-state index is -0.659. The van der Waals surface area contributed by atoms with Crippen LogP contribution in [0.25, 0.3) is 0 Å². The van der Waals surface area contributed by atoms with Gasteiger partial charge in [-0.05, 0) is 0 Å². The molecule has 1 N–H and O–H groups in total. The van der Waals surface area contributed by atoms with Crippen molar-refractivity contribution >= 4 is 5.91 Å². The van der Waals surface area contributed by atoms with E-state index >= 15 is 0 Å². The van der Waals surface area contributed by atoms with Crippen molar-refractivity contribution in [2.45, 2.75) is 18.9 Å². The number of hydrogen-bond acceptors (Lipinski definition) is 3. The molecule has 1 heterocycles. The topological polar surface area (TPSA) is 72.2 Å². The first-order valence-corrected chi connectivity index (χ1v) is 3.10. The van der Waals surface area contributed by atoms with Gasteiger partial charge in [0.1, 0.15) is 0 Å². The van der Waals surface area contributed by atoms with Crippen LogP contribution in [0, 0.1) is 10.1 Å². The number of nitro groups is 1. The first kappa shape index (κ1) is 6.98. The molecule has 5 nitrogen and oxygen atoms in total. The molecular weight excluding hydrogens is 136 g/mol. The van der Waals surface area contributed by atoms with Crippen LogP contribution in [0.5, 0.6) is 0 Å². The van der Waals surface area contributed by atoms with E-state index in [-0.39, 0.29) is 12.3 Å². The molecule has 1 rings (SSSR count). The Balaban J connectivity index is 2.47. The number of carbonyl (C=O) groups is 1. The molecule has 10 heavy (non-hydrogen) atoms. The van der Waals surface area contributed by atoms with Crippen LogP contribution in [0.3, 0.4) is 0 Å². The highest BCUT2D eigenvalue weighted by molar-refractivity contribution is 5.77. The van der Waals surface area contributed by atoms with Gasteiger partial charge in [-0.1, -0.05) is 0 Å². The van der Waals surface area contributed by atoms with Crippen molar-refractivity contribution in [3.05, 3.63) is 10.1 Å². The zero-order valence-corrected chi connectivity index (χ0v) is 5.37. The zero-order chi connectivity index (χ0) is 7.56. The molecule has 1 amide bonds. The highest BCUT2D eigenvalue weighted by Gasteiger charge is 2.27. The average molecular weight is 144 g/mol. The second-order valence-electron chi connectivity index (χ2n) is 2.28. The van der Waals surface area contributed by atoms with Crippen molar-refractivity contribution in [3.63, 3.8) is 0 Å². The third kappa shape index (κ3) is 1.43. The highest BCUT2D eigenvalue weighted by atomic mass is 16.6. The van der Waals surface area contributed by atoms with E-state index in [9.17, 15) is 14.9 Å². The molecule has 0 aromatic heterocycles. The van der Waals surface area contributed by atoms with Crippen molar-refractivity contribution < 1.29 is 9.72 Å². The smallest absolute Gasteiger partial charge is 0.226 e. The number of rotatable bonds is 1. The van der Waals surface area contributed by atoms with Crippen LogP contribution >= 0.6 is 0 Å². The Kier molecular flexibility index (Phi) is 1.84. The van der Waals surface area contributed by atoms with Gasteiger partial charge in [0.2, 0.25) is 11.9 Å². The number of hydrogen-bond donors (Lipinski definition) is 1. The largest absolute Gasteiger partial charge is 0.356 e. The minimum Gasteiger partial charge on any atom is -0.356 e. The summed E-state index contributed by atoms with van der Waals surface area (Å²) >= 11 is 0. The van der Waals surface area contributed by atoms with E-state index in [0.717, 1.165) is 0 Å². The Hall–Kier alpha value is -1.13. The lowest BCUT2D eigenvalue weighted by molar-refractivity contribution is -0.522. The van der Waals surface area contributed by atoms with E-state index in [4.69, 9.17) is 0 Å². The summed E-state index contributed by atoms with van der Waals surface area (Å²) < 4.78 is 0. The van der Waals surface area contributed by atoms with Gasteiger partial charge in [-0.2, -0.15) is 0 Å². The molecule has 0 saturated carbocycles. The Morgan fingerprint density at radius 1 is 1.70 bits per heavy atom. The Labute approximate surface area is 57.6 Å². The molecule has 0 aromatic rings. The van der Waals surface area contributed by atoms with E-state index in [2.05, 4.69) is 5.32 Å². The molecule has 0 aliphatic carbocycles. The van der Waals surface area contributed by atoms with Gasteiger partial charge in [0.25, 0.3) is 0 Å². The van der Waals surface area contributed by atoms with Crippen LogP contribution in [0.4, 0.5) is 0 Å². The number of amides is 1. The van der Waals surface area contributed by atoms with Crippen molar-refractivity contribution in [2.24, 2.45) is 0 Å². The summed E-state index contributed by atoms with van der Waals surface area (Å²) in [6.45, 7) is 0.435. The van der Waals surface area contributed by atoms with Crippen LogP contribution in [0.2, 0.25) is 0 Å².